The van der Waals surface area contributed by atoms with Gasteiger partial charge in [0.05, 0.1) is 24.4 Å². The second-order valence-corrected chi connectivity index (χ2v) is 5.15. The Morgan fingerprint density at radius 2 is 2.10 bits per heavy atom. The molecule has 0 heterocycles. The van der Waals surface area contributed by atoms with Crippen LogP contribution in [-0.4, -0.2) is 18.2 Å². The van der Waals surface area contributed by atoms with Crippen LogP contribution in [0.25, 0.3) is 0 Å². The number of fused-ring (bicyclic) bond motifs is 1. The summed E-state index contributed by atoms with van der Waals surface area (Å²) in [6.45, 7) is 0. The molecule has 0 radical (unpaired) electrons. The molecule has 2 aromatic carbocycles. The molecule has 1 atom stereocenters. The molecule has 1 aliphatic rings. The molecule has 1 aliphatic carbocycles. The number of benzene rings is 2. The van der Waals surface area contributed by atoms with Gasteiger partial charge in [-0.15, -0.1) is 0 Å². The lowest BCUT2D eigenvalue weighted by Crippen LogP contribution is -2.09. The molecule has 21 heavy (non-hydrogen) atoms. The molecule has 0 saturated carbocycles. The summed E-state index contributed by atoms with van der Waals surface area (Å²) in [5.41, 5.74) is 3.60. The fourth-order valence-corrected chi connectivity index (χ4v) is 2.85. The van der Waals surface area contributed by atoms with Gasteiger partial charge in [-0.1, -0.05) is 24.3 Å². The zero-order valence-corrected chi connectivity index (χ0v) is 11.8. The van der Waals surface area contributed by atoms with Crippen molar-refractivity contribution in [3.8, 4) is 5.75 Å². The lowest BCUT2D eigenvalue weighted by atomic mass is 10.1. The second kappa shape index (κ2) is 5.48. The Labute approximate surface area is 123 Å². The number of hydrogen-bond donors (Lipinski definition) is 2. The number of ether oxygens (including phenoxy) is 1. The van der Waals surface area contributed by atoms with E-state index in [1.165, 1.54) is 11.1 Å². The van der Waals surface area contributed by atoms with Crippen LogP contribution < -0.4 is 10.1 Å². The van der Waals surface area contributed by atoms with Crippen molar-refractivity contribution in [2.45, 2.75) is 18.9 Å². The van der Waals surface area contributed by atoms with Crippen molar-refractivity contribution in [2.24, 2.45) is 0 Å². The maximum Gasteiger partial charge on any atom is 0.335 e. The summed E-state index contributed by atoms with van der Waals surface area (Å²) in [6.07, 6.45) is 2.04. The van der Waals surface area contributed by atoms with Crippen LogP contribution in [0, 0.1) is 0 Å². The molecular formula is C17H17NO3. The van der Waals surface area contributed by atoms with E-state index in [4.69, 9.17) is 9.84 Å². The Hall–Kier alpha value is -2.49. The maximum atomic E-state index is 11.1. The summed E-state index contributed by atoms with van der Waals surface area (Å²) in [5.74, 6) is -0.281. The highest BCUT2D eigenvalue weighted by Crippen LogP contribution is 2.36. The number of aromatic carboxylic acids is 1. The summed E-state index contributed by atoms with van der Waals surface area (Å²) in [4.78, 5) is 11.1. The minimum atomic E-state index is -0.937. The Bertz CT molecular complexity index is 681. The van der Waals surface area contributed by atoms with Crippen molar-refractivity contribution in [3.05, 3.63) is 59.2 Å². The molecule has 2 aromatic rings. The number of anilines is 1. The fourth-order valence-electron chi connectivity index (χ4n) is 2.85. The first-order valence-corrected chi connectivity index (χ1v) is 6.94. The van der Waals surface area contributed by atoms with Gasteiger partial charge in [0.2, 0.25) is 0 Å². The van der Waals surface area contributed by atoms with Crippen LogP contribution in [0.1, 0.15) is 33.9 Å². The Morgan fingerprint density at radius 3 is 2.86 bits per heavy atom. The Kier molecular flexibility index (Phi) is 3.52. The molecule has 0 saturated heterocycles. The number of rotatable bonds is 4. The zero-order valence-electron chi connectivity index (χ0n) is 11.8. The third kappa shape index (κ3) is 2.57. The van der Waals surface area contributed by atoms with E-state index in [1.54, 1.807) is 25.3 Å². The average Bonchev–Trinajstić information content (AvgIpc) is 2.90. The summed E-state index contributed by atoms with van der Waals surface area (Å²) in [5, 5.41) is 12.5. The lowest BCUT2D eigenvalue weighted by molar-refractivity contribution is 0.0697. The van der Waals surface area contributed by atoms with Gasteiger partial charge in [0, 0.05) is 0 Å². The van der Waals surface area contributed by atoms with Gasteiger partial charge in [0.15, 0.2) is 0 Å². The quantitative estimate of drug-likeness (QED) is 0.901. The summed E-state index contributed by atoms with van der Waals surface area (Å²) in [6, 6.07) is 13.4. The van der Waals surface area contributed by atoms with Gasteiger partial charge < -0.3 is 15.2 Å². The minimum Gasteiger partial charge on any atom is -0.495 e. The van der Waals surface area contributed by atoms with Gasteiger partial charge in [0.1, 0.15) is 5.75 Å². The van der Waals surface area contributed by atoms with Gasteiger partial charge in [0.25, 0.3) is 0 Å². The molecule has 108 valence electrons. The first kappa shape index (κ1) is 13.5. The SMILES string of the molecule is COc1ccc(C(=O)O)cc1NC1CCc2ccccc21. The van der Waals surface area contributed by atoms with Crippen molar-refractivity contribution in [3.63, 3.8) is 0 Å². The van der Waals surface area contributed by atoms with E-state index >= 15 is 0 Å². The molecule has 0 fully saturated rings. The van der Waals surface area contributed by atoms with E-state index in [2.05, 4.69) is 17.4 Å². The van der Waals surface area contributed by atoms with E-state index in [1.807, 2.05) is 12.1 Å². The molecule has 1 unspecified atom stereocenters. The first-order chi connectivity index (χ1) is 10.2. The molecule has 2 N–H and O–H groups in total. The number of aryl methyl sites for hydroxylation is 1. The third-order valence-corrected chi connectivity index (χ3v) is 3.91. The molecule has 4 nitrogen and oxygen atoms in total. The highest BCUT2D eigenvalue weighted by molar-refractivity contribution is 5.89. The minimum absolute atomic E-state index is 0.194. The molecule has 0 bridgehead atoms. The largest absolute Gasteiger partial charge is 0.495 e. The highest BCUT2D eigenvalue weighted by atomic mass is 16.5. The maximum absolute atomic E-state index is 11.1. The predicted octanol–water partition coefficient (Wildman–Crippen LogP) is 3.49. The number of carboxylic acids is 1. The van der Waals surface area contributed by atoms with Crippen molar-refractivity contribution in [1.82, 2.24) is 0 Å². The van der Waals surface area contributed by atoms with Gasteiger partial charge >= 0.3 is 5.97 Å². The normalized spacial score (nSPS) is 16.3. The molecule has 0 aromatic heterocycles. The number of carbonyl (C=O) groups is 1. The number of hydrogen-bond acceptors (Lipinski definition) is 3. The van der Waals surface area contributed by atoms with Crippen LogP contribution in [0.5, 0.6) is 5.75 Å². The van der Waals surface area contributed by atoms with E-state index in [0.717, 1.165) is 18.5 Å². The van der Waals surface area contributed by atoms with Crippen LogP contribution >= 0.6 is 0 Å². The number of carboxylic acid groups (broad SMARTS) is 1. The summed E-state index contributed by atoms with van der Waals surface area (Å²) in [7, 11) is 1.59. The second-order valence-electron chi connectivity index (χ2n) is 5.15. The smallest absolute Gasteiger partial charge is 0.335 e. The molecule has 4 heteroatoms. The topological polar surface area (TPSA) is 58.6 Å². The predicted molar refractivity (Wildman–Crippen MR) is 81.1 cm³/mol. The van der Waals surface area contributed by atoms with Gasteiger partial charge in [-0.3, -0.25) is 0 Å². The van der Waals surface area contributed by atoms with Gasteiger partial charge in [-0.25, -0.2) is 4.79 Å². The van der Waals surface area contributed by atoms with Crippen molar-refractivity contribution in [2.75, 3.05) is 12.4 Å². The van der Waals surface area contributed by atoms with Crippen LogP contribution in [0.2, 0.25) is 0 Å². The standard InChI is InChI=1S/C17H17NO3/c1-21-16-9-7-12(17(19)20)10-15(16)18-14-8-6-11-4-2-3-5-13(11)14/h2-5,7,9-10,14,18H,6,8H2,1H3,(H,19,20). The average molecular weight is 283 g/mol. The van der Waals surface area contributed by atoms with Gasteiger partial charge in [-0.2, -0.15) is 0 Å². The van der Waals surface area contributed by atoms with Crippen LogP contribution in [-0.2, 0) is 6.42 Å². The fraction of sp³-hybridized carbons (Fsp3) is 0.235. The van der Waals surface area contributed by atoms with Gasteiger partial charge in [-0.05, 0) is 42.2 Å². The number of methoxy groups -OCH3 is 1. The van der Waals surface area contributed by atoms with Crippen molar-refractivity contribution in [1.29, 1.82) is 0 Å². The number of nitrogens with one attached hydrogen (secondary N) is 1. The summed E-state index contributed by atoms with van der Waals surface area (Å²) >= 11 is 0. The van der Waals surface area contributed by atoms with E-state index in [0.29, 0.717) is 5.75 Å². The van der Waals surface area contributed by atoms with Crippen LogP contribution in [0.15, 0.2) is 42.5 Å². The first-order valence-electron chi connectivity index (χ1n) is 6.94. The Balaban J connectivity index is 1.91. The molecule has 0 spiro atoms. The highest BCUT2D eigenvalue weighted by Gasteiger charge is 2.23. The lowest BCUT2D eigenvalue weighted by Gasteiger charge is -2.18. The zero-order chi connectivity index (χ0) is 14.8. The molecule has 0 amide bonds. The van der Waals surface area contributed by atoms with E-state index < -0.39 is 5.97 Å². The summed E-state index contributed by atoms with van der Waals surface area (Å²) < 4.78 is 5.32. The van der Waals surface area contributed by atoms with Crippen molar-refractivity contribution < 1.29 is 14.6 Å². The van der Waals surface area contributed by atoms with Crippen molar-refractivity contribution >= 4 is 11.7 Å². The van der Waals surface area contributed by atoms with E-state index in [-0.39, 0.29) is 11.6 Å². The molecular weight excluding hydrogens is 266 g/mol. The molecule has 3 rings (SSSR count). The van der Waals surface area contributed by atoms with Crippen LogP contribution in [0.4, 0.5) is 5.69 Å². The molecule has 0 aliphatic heterocycles. The third-order valence-electron chi connectivity index (χ3n) is 3.91. The monoisotopic (exact) mass is 283 g/mol. The van der Waals surface area contributed by atoms with E-state index in [9.17, 15) is 4.79 Å². The Morgan fingerprint density at radius 1 is 1.29 bits per heavy atom. The van der Waals surface area contributed by atoms with Crippen LogP contribution in [0.3, 0.4) is 0 Å².